The molecule has 0 aliphatic carbocycles. The van der Waals surface area contributed by atoms with Crippen molar-refractivity contribution in [2.24, 2.45) is 0 Å². The molecule has 1 amide bonds. The first kappa shape index (κ1) is 12.6. The minimum atomic E-state index is -0.351. The number of nitrogens with zero attached hydrogens (tertiary/aromatic N) is 1. The number of nitrogens with one attached hydrogen (secondary N) is 1. The van der Waals surface area contributed by atoms with Gasteiger partial charge in [-0.1, -0.05) is 0 Å². The van der Waals surface area contributed by atoms with E-state index in [0.717, 1.165) is 6.42 Å². The van der Waals surface area contributed by atoms with Crippen LogP contribution in [0.15, 0.2) is 35.2 Å². The van der Waals surface area contributed by atoms with Gasteiger partial charge in [0, 0.05) is 12.2 Å². The van der Waals surface area contributed by atoms with Crippen molar-refractivity contribution in [2.45, 2.75) is 19.4 Å². The molecule has 2 aromatic rings. The molecule has 94 valence electrons. The molecule has 0 spiro atoms. The van der Waals surface area contributed by atoms with Gasteiger partial charge in [-0.25, -0.2) is 4.98 Å². The fourth-order valence-corrected chi connectivity index (χ4v) is 2.36. The van der Waals surface area contributed by atoms with Crippen molar-refractivity contribution in [3.05, 3.63) is 46.4 Å². The summed E-state index contributed by atoms with van der Waals surface area (Å²) in [6.45, 7) is 1.93. The summed E-state index contributed by atoms with van der Waals surface area (Å²) >= 11 is 1.63. The average Bonchev–Trinajstić information content (AvgIpc) is 2.82. The highest BCUT2D eigenvalue weighted by Crippen LogP contribution is 2.13. The first-order valence-corrected chi connectivity index (χ1v) is 6.57. The lowest BCUT2D eigenvalue weighted by Gasteiger charge is -2.13. The zero-order valence-corrected chi connectivity index (χ0v) is 10.8. The molecule has 2 heterocycles. The Hall–Kier alpha value is -1.88. The van der Waals surface area contributed by atoms with E-state index in [9.17, 15) is 9.90 Å². The Morgan fingerprint density at radius 1 is 1.56 bits per heavy atom. The third-order valence-corrected chi connectivity index (χ3v) is 3.23. The topological polar surface area (TPSA) is 62.2 Å². The molecular formula is C13H14N2O2S. The molecular weight excluding hydrogens is 248 g/mol. The Morgan fingerprint density at radius 2 is 2.39 bits per heavy atom. The van der Waals surface area contributed by atoms with Crippen molar-refractivity contribution < 1.29 is 9.90 Å². The largest absolute Gasteiger partial charge is 0.505 e. The van der Waals surface area contributed by atoms with E-state index in [1.165, 1.54) is 17.8 Å². The first-order chi connectivity index (χ1) is 8.66. The Kier molecular flexibility index (Phi) is 3.94. The highest BCUT2D eigenvalue weighted by atomic mass is 32.1. The second-order valence-electron chi connectivity index (χ2n) is 4.08. The minimum absolute atomic E-state index is 0.00601. The molecule has 18 heavy (non-hydrogen) atoms. The normalized spacial score (nSPS) is 12.1. The maximum absolute atomic E-state index is 11.9. The van der Waals surface area contributed by atoms with Crippen LogP contribution in [0.4, 0.5) is 0 Å². The molecule has 0 fully saturated rings. The van der Waals surface area contributed by atoms with E-state index in [2.05, 4.69) is 15.7 Å². The van der Waals surface area contributed by atoms with Crippen LogP contribution in [0.1, 0.15) is 23.0 Å². The smallest absolute Gasteiger partial charge is 0.273 e. The number of amides is 1. The highest BCUT2D eigenvalue weighted by Gasteiger charge is 2.14. The van der Waals surface area contributed by atoms with E-state index in [-0.39, 0.29) is 23.4 Å². The number of hydrogen-bond acceptors (Lipinski definition) is 4. The van der Waals surface area contributed by atoms with Crippen LogP contribution in [0.3, 0.4) is 0 Å². The Morgan fingerprint density at radius 3 is 3.06 bits per heavy atom. The number of pyridine rings is 1. The second-order valence-corrected chi connectivity index (χ2v) is 4.86. The maximum atomic E-state index is 11.9. The van der Waals surface area contributed by atoms with Gasteiger partial charge in [0.2, 0.25) is 0 Å². The van der Waals surface area contributed by atoms with Gasteiger partial charge in [0.1, 0.15) is 5.75 Å². The molecule has 2 rings (SSSR count). The number of hydrogen-bond donors (Lipinski definition) is 2. The van der Waals surface area contributed by atoms with Crippen molar-refractivity contribution in [1.82, 2.24) is 10.3 Å². The van der Waals surface area contributed by atoms with E-state index in [0.29, 0.717) is 0 Å². The zero-order valence-electron chi connectivity index (χ0n) is 9.96. The van der Waals surface area contributed by atoms with Crippen molar-refractivity contribution in [2.75, 3.05) is 0 Å². The lowest BCUT2D eigenvalue weighted by atomic mass is 10.1. The summed E-state index contributed by atoms with van der Waals surface area (Å²) in [6, 6.07) is 5.06. The van der Waals surface area contributed by atoms with Crippen LogP contribution in [-0.4, -0.2) is 22.0 Å². The van der Waals surface area contributed by atoms with Gasteiger partial charge >= 0.3 is 0 Å². The zero-order chi connectivity index (χ0) is 13.0. The summed E-state index contributed by atoms with van der Waals surface area (Å²) in [5.41, 5.74) is 1.26. The molecule has 0 radical (unpaired) electrons. The molecule has 4 nitrogen and oxygen atoms in total. The van der Waals surface area contributed by atoms with Crippen LogP contribution >= 0.6 is 11.3 Å². The third-order valence-electron chi connectivity index (χ3n) is 2.50. The number of rotatable bonds is 4. The standard InChI is InChI=1S/C13H14N2O2S/c1-9(7-10-4-6-18-8-10)15-13(17)12-11(16)3-2-5-14-12/h2-6,8-9,16H,7H2,1H3,(H,15,17). The molecule has 1 unspecified atom stereocenters. The SMILES string of the molecule is CC(Cc1ccsc1)NC(=O)c1ncccc1O. The minimum Gasteiger partial charge on any atom is -0.505 e. The van der Waals surface area contributed by atoms with Gasteiger partial charge in [-0.2, -0.15) is 11.3 Å². The Balaban J connectivity index is 1.97. The molecule has 1 atom stereocenters. The molecule has 2 aromatic heterocycles. The van der Waals surface area contributed by atoms with E-state index < -0.39 is 0 Å². The molecule has 0 aliphatic heterocycles. The summed E-state index contributed by atoms with van der Waals surface area (Å²) < 4.78 is 0. The van der Waals surface area contributed by atoms with Crippen molar-refractivity contribution in [3.8, 4) is 5.75 Å². The van der Waals surface area contributed by atoms with Crippen LogP contribution in [-0.2, 0) is 6.42 Å². The quantitative estimate of drug-likeness (QED) is 0.888. The summed E-state index contributed by atoms with van der Waals surface area (Å²) in [5, 5.41) is 16.4. The summed E-state index contributed by atoms with van der Waals surface area (Å²) in [7, 11) is 0. The number of carbonyl (C=O) groups is 1. The lowest BCUT2D eigenvalue weighted by molar-refractivity contribution is 0.0932. The van der Waals surface area contributed by atoms with Gasteiger partial charge in [0.15, 0.2) is 5.69 Å². The van der Waals surface area contributed by atoms with Crippen LogP contribution in [0.25, 0.3) is 0 Å². The second kappa shape index (κ2) is 5.64. The van der Waals surface area contributed by atoms with Crippen molar-refractivity contribution in [3.63, 3.8) is 0 Å². The van der Waals surface area contributed by atoms with Crippen LogP contribution < -0.4 is 5.32 Å². The van der Waals surface area contributed by atoms with E-state index >= 15 is 0 Å². The Bertz CT molecular complexity index is 526. The Labute approximate surface area is 109 Å². The van der Waals surface area contributed by atoms with Gasteiger partial charge in [0.05, 0.1) is 0 Å². The predicted molar refractivity (Wildman–Crippen MR) is 70.9 cm³/mol. The van der Waals surface area contributed by atoms with Crippen LogP contribution in [0.2, 0.25) is 0 Å². The highest BCUT2D eigenvalue weighted by molar-refractivity contribution is 7.07. The van der Waals surface area contributed by atoms with Gasteiger partial charge < -0.3 is 10.4 Å². The van der Waals surface area contributed by atoms with Crippen molar-refractivity contribution >= 4 is 17.2 Å². The van der Waals surface area contributed by atoms with Gasteiger partial charge in [0.25, 0.3) is 5.91 Å². The van der Waals surface area contributed by atoms with Gasteiger partial charge in [-0.3, -0.25) is 4.79 Å². The summed E-state index contributed by atoms with van der Waals surface area (Å²) in [6.07, 6.45) is 2.25. The van der Waals surface area contributed by atoms with E-state index in [1.807, 2.05) is 18.4 Å². The number of thiophene rings is 1. The summed E-state index contributed by atoms with van der Waals surface area (Å²) in [4.78, 5) is 15.7. The predicted octanol–water partition coefficient (Wildman–Crippen LogP) is 2.21. The number of aromatic hydroxyl groups is 1. The fraction of sp³-hybridized carbons (Fsp3) is 0.231. The van der Waals surface area contributed by atoms with E-state index in [1.54, 1.807) is 17.4 Å². The number of carbonyl (C=O) groups excluding carboxylic acids is 1. The lowest BCUT2D eigenvalue weighted by Crippen LogP contribution is -2.34. The fourth-order valence-electron chi connectivity index (χ4n) is 1.68. The number of aromatic nitrogens is 1. The maximum Gasteiger partial charge on any atom is 0.273 e. The molecule has 2 N–H and O–H groups in total. The third kappa shape index (κ3) is 3.07. The monoisotopic (exact) mass is 262 g/mol. The molecule has 0 aliphatic rings. The van der Waals surface area contributed by atoms with Crippen LogP contribution in [0.5, 0.6) is 5.75 Å². The molecule has 0 saturated carbocycles. The van der Waals surface area contributed by atoms with Gasteiger partial charge in [-0.05, 0) is 47.9 Å². The molecule has 0 bridgehead atoms. The average molecular weight is 262 g/mol. The first-order valence-electron chi connectivity index (χ1n) is 5.62. The molecule has 5 heteroatoms. The van der Waals surface area contributed by atoms with Crippen LogP contribution in [0, 0.1) is 0 Å². The van der Waals surface area contributed by atoms with Gasteiger partial charge in [-0.15, -0.1) is 0 Å². The van der Waals surface area contributed by atoms with E-state index in [4.69, 9.17) is 0 Å². The van der Waals surface area contributed by atoms with Crippen molar-refractivity contribution in [1.29, 1.82) is 0 Å². The molecule has 0 aromatic carbocycles. The molecule has 0 saturated heterocycles. The summed E-state index contributed by atoms with van der Waals surface area (Å²) in [5.74, 6) is -0.450.